The molecule has 2 rings (SSSR count). The summed E-state index contributed by atoms with van der Waals surface area (Å²) in [5.74, 6) is -0.808. The van der Waals surface area contributed by atoms with Gasteiger partial charge in [0.15, 0.2) is 6.10 Å². The number of nitrogens with zero attached hydrogens (tertiary/aromatic N) is 1. The van der Waals surface area contributed by atoms with Gasteiger partial charge in [-0.1, -0.05) is 23.2 Å². The van der Waals surface area contributed by atoms with Gasteiger partial charge in [-0.2, -0.15) is 0 Å². The van der Waals surface area contributed by atoms with E-state index in [0.717, 1.165) is 0 Å². The monoisotopic (exact) mass is 303 g/mol. The van der Waals surface area contributed by atoms with Crippen LogP contribution in [-0.4, -0.2) is 22.1 Å². The molecule has 0 aromatic heterocycles. The minimum atomic E-state index is -1.24. The van der Waals surface area contributed by atoms with Crippen molar-refractivity contribution in [3.63, 3.8) is 0 Å². The number of esters is 1. The minimum absolute atomic E-state index is 0.0856. The molecule has 2 atom stereocenters. The molecule has 8 heteroatoms. The average Bonchev–Trinajstić information content (AvgIpc) is 2.66. The van der Waals surface area contributed by atoms with E-state index in [1.54, 1.807) is 0 Å². The predicted octanol–water partition coefficient (Wildman–Crippen LogP) is 2.24. The molecule has 19 heavy (non-hydrogen) atoms. The van der Waals surface area contributed by atoms with Crippen LogP contribution in [0.4, 0.5) is 5.69 Å². The Morgan fingerprint density at radius 1 is 1.32 bits per heavy atom. The normalized spacial score (nSPS) is 20.4. The van der Waals surface area contributed by atoms with E-state index in [9.17, 15) is 20.0 Å². The summed E-state index contributed by atoms with van der Waals surface area (Å²) in [6, 6.07) is 5.17. The van der Waals surface area contributed by atoms with Gasteiger partial charge in [0.05, 0.1) is 9.96 Å². The number of aliphatic hydroxyl groups excluding tert-OH is 1. The number of non-ortho nitro benzene ring substituents is 1. The number of ether oxygens (including phenoxy) is 1. The molecule has 0 aliphatic carbocycles. The van der Waals surface area contributed by atoms with E-state index in [2.05, 4.69) is 0 Å². The second-order valence-corrected chi connectivity index (χ2v) is 4.57. The number of nitro groups is 1. The first-order valence-corrected chi connectivity index (χ1v) is 5.86. The number of cyclic esters (lactones) is 1. The van der Waals surface area contributed by atoms with Gasteiger partial charge in [-0.25, -0.2) is 4.79 Å². The van der Waals surface area contributed by atoms with Crippen LogP contribution in [0.1, 0.15) is 11.7 Å². The summed E-state index contributed by atoms with van der Waals surface area (Å²) in [5, 5.41) is 20.2. The topological polar surface area (TPSA) is 89.7 Å². The van der Waals surface area contributed by atoms with Crippen molar-refractivity contribution in [2.24, 2.45) is 0 Å². The van der Waals surface area contributed by atoms with Gasteiger partial charge >= 0.3 is 5.97 Å². The average molecular weight is 304 g/mol. The molecule has 0 saturated carbocycles. The molecule has 100 valence electrons. The molecule has 0 spiro atoms. The van der Waals surface area contributed by atoms with Crippen LogP contribution in [0.2, 0.25) is 0 Å². The molecular weight excluding hydrogens is 297 g/mol. The number of aliphatic hydroxyl groups is 1. The standard InChI is InChI=1S/C11H7Cl2NO5/c12-7-8(13)11(16)19-10(7)9(15)5-1-3-6(4-2-5)14(17)18/h1-4,9-10,15H. The van der Waals surface area contributed by atoms with Gasteiger partial charge in [0.25, 0.3) is 5.69 Å². The number of hydrogen-bond acceptors (Lipinski definition) is 5. The molecule has 0 saturated heterocycles. The first-order chi connectivity index (χ1) is 8.91. The second-order valence-electron chi connectivity index (χ2n) is 3.78. The Balaban J connectivity index is 2.23. The van der Waals surface area contributed by atoms with Crippen molar-refractivity contribution in [2.45, 2.75) is 12.2 Å². The Morgan fingerprint density at radius 3 is 2.32 bits per heavy atom. The van der Waals surface area contributed by atoms with Crippen molar-refractivity contribution in [3.8, 4) is 0 Å². The number of nitro benzene ring substituents is 1. The van der Waals surface area contributed by atoms with E-state index < -0.39 is 23.1 Å². The van der Waals surface area contributed by atoms with Crippen LogP contribution in [0.15, 0.2) is 34.3 Å². The van der Waals surface area contributed by atoms with Gasteiger partial charge in [0, 0.05) is 12.1 Å². The highest BCUT2D eigenvalue weighted by molar-refractivity contribution is 6.48. The van der Waals surface area contributed by atoms with E-state index in [-0.39, 0.29) is 15.8 Å². The Kier molecular flexibility index (Phi) is 3.75. The predicted molar refractivity (Wildman–Crippen MR) is 66.7 cm³/mol. The van der Waals surface area contributed by atoms with Crippen LogP contribution in [-0.2, 0) is 9.53 Å². The number of carbonyl (C=O) groups is 1. The van der Waals surface area contributed by atoms with Crippen LogP contribution in [0.25, 0.3) is 0 Å². The lowest BCUT2D eigenvalue weighted by atomic mass is 10.0. The molecule has 0 fully saturated rings. The minimum Gasteiger partial charge on any atom is -0.449 e. The van der Waals surface area contributed by atoms with Crippen molar-refractivity contribution >= 4 is 34.9 Å². The smallest absolute Gasteiger partial charge is 0.351 e. The van der Waals surface area contributed by atoms with Gasteiger partial charge in [-0.05, 0) is 17.7 Å². The third kappa shape index (κ3) is 2.56. The van der Waals surface area contributed by atoms with Crippen LogP contribution < -0.4 is 0 Å². The molecule has 1 aliphatic heterocycles. The summed E-state index contributed by atoms with van der Waals surface area (Å²) in [5.41, 5.74) is 0.215. The Bertz CT molecular complexity index is 569. The third-order valence-electron chi connectivity index (χ3n) is 2.60. The summed E-state index contributed by atoms with van der Waals surface area (Å²) in [4.78, 5) is 21.1. The van der Waals surface area contributed by atoms with Crippen molar-refractivity contribution in [2.75, 3.05) is 0 Å². The van der Waals surface area contributed by atoms with Crippen LogP contribution in [0.3, 0.4) is 0 Å². The molecule has 0 bridgehead atoms. The zero-order valence-electron chi connectivity index (χ0n) is 9.25. The molecule has 1 heterocycles. The quantitative estimate of drug-likeness (QED) is 0.525. The van der Waals surface area contributed by atoms with E-state index in [1.807, 2.05) is 0 Å². The Morgan fingerprint density at radius 2 is 1.89 bits per heavy atom. The number of halogens is 2. The van der Waals surface area contributed by atoms with Crippen LogP contribution >= 0.6 is 23.2 Å². The highest BCUT2D eigenvalue weighted by Crippen LogP contribution is 2.36. The molecule has 2 unspecified atom stereocenters. The summed E-state index contributed by atoms with van der Waals surface area (Å²) >= 11 is 11.4. The molecule has 6 nitrogen and oxygen atoms in total. The highest BCUT2D eigenvalue weighted by atomic mass is 35.5. The zero-order valence-corrected chi connectivity index (χ0v) is 10.8. The fourth-order valence-electron chi connectivity index (χ4n) is 1.61. The van der Waals surface area contributed by atoms with E-state index in [1.165, 1.54) is 24.3 Å². The summed E-state index contributed by atoms with van der Waals surface area (Å²) in [6.45, 7) is 0. The fraction of sp³-hybridized carbons (Fsp3) is 0.182. The molecule has 1 N–H and O–H groups in total. The summed E-state index contributed by atoms with van der Waals surface area (Å²) < 4.78 is 4.82. The number of rotatable bonds is 3. The fourth-order valence-corrected chi connectivity index (χ4v) is 2.01. The highest BCUT2D eigenvalue weighted by Gasteiger charge is 2.37. The molecule has 1 aromatic rings. The largest absolute Gasteiger partial charge is 0.449 e. The second kappa shape index (κ2) is 5.16. The Hall–Kier alpha value is -1.63. The maximum Gasteiger partial charge on any atom is 0.351 e. The van der Waals surface area contributed by atoms with Crippen LogP contribution in [0, 0.1) is 10.1 Å². The van der Waals surface area contributed by atoms with Crippen molar-refractivity contribution < 1.29 is 19.6 Å². The molecule has 1 aromatic carbocycles. The molecule has 0 radical (unpaired) electrons. The van der Waals surface area contributed by atoms with Gasteiger partial charge in [-0.3, -0.25) is 10.1 Å². The number of hydrogen-bond donors (Lipinski definition) is 1. The van der Waals surface area contributed by atoms with E-state index >= 15 is 0 Å². The van der Waals surface area contributed by atoms with Crippen molar-refractivity contribution in [1.82, 2.24) is 0 Å². The first kappa shape index (κ1) is 13.8. The Labute approximate surface area is 117 Å². The van der Waals surface area contributed by atoms with Gasteiger partial charge in [0.1, 0.15) is 11.1 Å². The molecular formula is C11H7Cl2NO5. The lowest BCUT2D eigenvalue weighted by Gasteiger charge is -2.17. The SMILES string of the molecule is O=C1OC(C(O)c2ccc([N+](=O)[O-])cc2)C(Cl)=C1Cl. The molecule has 0 amide bonds. The summed E-state index contributed by atoms with van der Waals surface area (Å²) in [7, 11) is 0. The molecule has 1 aliphatic rings. The van der Waals surface area contributed by atoms with Gasteiger partial charge < -0.3 is 9.84 Å². The van der Waals surface area contributed by atoms with Gasteiger partial charge in [0.2, 0.25) is 0 Å². The van der Waals surface area contributed by atoms with Crippen molar-refractivity contribution in [3.05, 3.63) is 50.0 Å². The maximum absolute atomic E-state index is 11.2. The van der Waals surface area contributed by atoms with Crippen LogP contribution in [0.5, 0.6) is 0 Å². The van der Waals surface area contributed by atoms with Crippen molar-refractivity contribution in [1.29, 1.82) is 0 Å². The number of benzene rings is 1. The number of carbonyl (C=O) groups excluding carboxylic acids is 1. The zero-order chi connectivity index (χ0) is 14.2. The maximum atomic E-state index is 11.2. The summed E-state index contributed by atoms with van der Waals surface area (Å²) in [6.07, 6.45) is -2.34. The third-order valence-corrected chi connectivity index (χ3v) is 3.46. The lowest BCUT2D eigenvalue weighted by molar-refractivity contribution is -0.384. The lowest BCUT2D eigenvalue weighted by Crippen LogP contribution is -2.20. The van der Waals surface area contributed by atoms with E-state index in [0.29, 0.717) is 5.56 Å². The van der Waals surface area contributed by atoms with E-state index in [4.69, 9.17) is 27.9 Å². The van der Waals surface area contributed by atoms with Gasteiger partial charge in [-0.15, -0.1) is 0 Å². The first-order valence-electron chi connectivity index (χ1n) is 5.10.